The van der Waals surface area contributed by atoms with Gasteiger partial charge < -0.3 is 19.5 Å². The minimum absolute atomic E-state index is 0.0912. The van der Waals surface area contributed by atoms with Gasteiger partial charge in [-0.05, 0) is 48.7 Å². The summed E-state index contributed by atoms with van der Waals surface area (Å²) in [7, 11) is 3.14. The highest BCUT2D eigenvalue weighted by Crippen LogP contribution is 2.40. The van der Waals surface area contributed by atoms with Crippen molar-refractivity contribution in [2.75, 3.05) is 20.8 Å². The fraction of sp³-hybridized carbons (Fsp3) is 0.214. The van der Waals surface area contributed by atoms with E-state index in [0.29, 0.717) is 23.5 Å². The Labute approximate surface area is 212 Å². The molecule has 180 valence electrons. The number of benzene rings is 3. The average Bonchev–Trinajstić information content (AvgIpc) is 3.12. The zero-order valence-electron chi connectivity index (χ0n) is 19.7. The summed E-state index contributed by atoms with van der Waals surface area (Å²) in [5.74, 6) is -0.295. The Hall–Kier alpha value is -3.58. The topological polar surface area (TPSA) is 76.1 Å². The van der Waals surface area contributed by atoms with E-state index in [0.717, 1.165) is 21.2 Å². The number of Topliss-reactive ketones (excluding diaryl/α,β-unsaturated/α-hetero) is 1. The van der Waals surface area contributed by atoms with Crippen LogP contribution in [-0.4, -0.2) is 42.5 Å². The van der Waals surface area contributed by atoms with Crippen LogP contribution < -0.4 is 9.47 Å². The van der Waals surface area contributed by atoms with Crippen LogP contribution in [0.2, 0.25) is 0 Å². The summed E-state index contributed by atoms with van der Waals surface area (Å²) >= 11 is 3.38. The number of ether oxygens (including phenoxy) is 2. The van der Waals surface area contributed by atoms with Gasteiger partial charge in [-0.3, -0.25) is 9.59 Å². The number of carbonyl (C=O) groups excluding carboxylic acids is 2. The number of aliphatic hydroxyl groups excluding tert-OH is 1. The Morgan fingerprint density at radius 1 is 0.943 bits per heavy atom. The number of rotatable bonds is 7. The van der Waals surface area contributed by atoms with Gasteiger partial charge in [0.05, 0.1) is 25.8 Å². The number of methoxy groups -OCH3 is 2. The molecule has 7 heteroatoms. The molecule has 0 saturated carbocycles. The van der Waals surface area contributed by atoms with Crippen LogP contribution in [0.5, 0.6) is 11.5 Å². The molecule has 0 aromatic heterocycles. The molecule has 3 aromatic rings. The zero-order chi connectivity index (χ0) is 25.1. The molecule has 4 rings (SSSR count). The standard InChI is InChI=1S/C28H26BrNO5/c1-17-4-7-19(8-5-17)25-24(26(31)20-9-11-21(29)12-10-20)27(32)28(33)30(25)15-14-18-6-13-22(34-2)23(16-18)35-3/h4-13,16,25,31H,14-15H2,1-3H3. The summed E-state index contributed by atoms with van der Waals surface area (Å²) < 4.78 is 11.5. The molecule has 3 aromatic carbocycles. The number of ketones is 1. The van der Waals surface area contributed by atoms with Gasteiger partial charge in [-0.15, -0.1) is 0 Å². The van der Waals surface area contributed by atoms with Crippen molar-refractivity contribution in [3.8, 4) is 11.5 Å². The van der Waals surface area contributed by atoms with Crippen LogP contribution in [0.4, 0.5) is 0 Å². The Bertz CT molecular complexity index is 1280. The van der Waals surface area contributed by atoms with Crippen molar-refractivity contribution in [2.24, 2.45) is 0 Å². The average molecular weight is 536 g/mol. The lowest BCUT2D eigenvalue weighted by molar-refractivity contribution is -0.139. The van der Waals surface area contributed by atoms with Gasteiger partial charge in [0.25, 0.3) is 11.7 Å². The monoisotopic (exact) mass is 535 g/mol. The van der Waals surface area contributed by atoms with Gasteiger partial charge in [-0.1, -0.05) is 64.0 Å². The minimum atomic E-state index is -0.695. The van der Waals surface area contributed by atoms with E-state index in [1.54, 1.807) is 38.5 Å². The smallest absolute Gasteiger partial charge is 0.295 e. The van der Waals surface area contributed by atoms with Crippen molar-refractivity contribution >= 4 is 33.4 Å². The third-order valence-corrected chi connectivity index (χ3v) is 6.67. The molecule has 1 aliphatic heterocycles. The molecule has 35 heavy (non-hydrogen) atoms. The number of carbonyl (C=O) groups is 2. The fourth-order valence-electron chi connectivity index (χ4n) is 4.25. The number of aryl methyl sites for hydroxylation is 1. The first kappa shape index (κ1) is 24.5. The number of hydrogen-bond acceptors (Lipinski definition) is 5. The van der Waals surface area contributed by atoms with Gasteiger partial charge in [0.15, 0.2) is 11.5 Å². The molecule has 0 bridgehead atoms. The van der Waals surface area contributed by atoms with Crippen LogP contribution in [-0.2, 0) is 16.0 Å². The lowest BCUT2D eigenvalue weighted by atomic mass is 9.94. The normalized spacial score (nSPS) is 17.0. The van der Waals surface area contributed by atoms with Gasteiger partial charge in [0.1, 0.15) is 5.76 Å². The number of amides is 1. The van der Waals surface area contributed by atoms with Crippen LogP contribution in [0, 0.1) is 6.92 Å². The number of nitrogens with zero attached hydrogens (tertiary/aromatic N) is 1. The third kappa shape index (κ3) is 4.95. The highest BCUT2D eigenvalue weighted by Gasteiger charge is 2.45. The molecule has 1 aliphatic rings. The predicted octanol–water partition coefficient (Wildman–Crippen LogP) is 5.44. The van der Waals surface area contributed by atoms with Crippen molar-refractivity contribution in [3.05, 3.63) is 99.0 Å². The number of likely N-dealkylation sites (tertiary alicyclic amines) is 1. The first-order chi connectivity index (χ1) is 16.8. The number of aliphatic hydroxyl groups is 1. The molecule has 6 nitrogen and oxygen atoms in total. The molecule has 0 aliphatic carbocycles. The van der Waals surface area contributed by atoms with E-state index >= 15 is 0 Å². The molecule has 1 saturated heterocycles. The maximum atomic E-state index is 13.2. The summed E-state index contributed by atoms with van der Waals surface area (Å²) in [5.41, 5.74) is 3.32. The lowest BCUT2D eigenvalue weighted by Crippen LogP contribution is -2.31. The van der Waals surface area contributed by atoms with Crippen LogP contribution >= 0.6 is 15.9 Å². The first-order valence-corrected chi connectivity index (χ1v) is 11.9. The molecule has 1 unspecified atom stereocenters. The molecular weight excluding hydrogens is 510 g/mol. The van der Waals surface area contributed by atoms with Crippen LogP contribution in [0.1, 0.15) is 28.3 Å². The molecule has 1 N–H and O–H groups in total. The van der Waals surface area contributed by atoms with Crippen molar-refractivity contribution in [2.45, 2.75) is 19.4 Å². The van der Waals surface area contributed by atoms with E-state index in [4.69, 9.17) is 9.47 Å². The predicted molar refractivity (Wildman–Crippen MR) is 138 cm³/mol. The van der Waals surface area contributed by atoms with Gasteiger partial charge in [-0.25, -0.2) is 0 Å². The quantitative estimate of drug-likeness (QED) is 0.247. The second-order valence-corrected chi connectivity index (χ2v) is 9.27. The summed E-state index contributed by atoms with van der Waals surface area (Å²) in [6.45, 7) is 2.26. The zero-order valence-corrected chi connectivity index (χ0v) is 21.3. The first-order valence-electron chi connectivity index (χ1n) is 11.2. The van der Waals surface area contributed by atoms with Crippen molar-refractivity contribution in [3.63, 3.8) is 0 Å². The molecule has 0 radical (unpaired) electrons. The van der Waals surface area contributed by atoms with Gasteiger partial charge >= 0.3 is 0 Å². The highest BCUT2D eigenvalue weighted by molar-refractivity contribution is 9.10. The van der Waals surface area contributed by atoms with E-state index in [1.165, 1.54) is 4.90 Å². The van der Waals surface area contributed by atoms with Gasteiger partial charge in [0, 0.05) is 16.6 Å². The van der Waals surface area contributed by atoms with Crippen molar-refractivity contribution in [1.82, 2.24) is 4.90 Å². The van der Waals surface area contributed by atoms with Crippen molar-refractivity contribution < 1.29 is 24.2 Å². The summed E-state index contributed by atoms with van der Waals surface area (Å²) in [6.07, 6.45) is 0.494. The van der Waals surface area contributed by atoms with E-state index in [-0.39, 0.29) is 17.9 Å². The second-order valence-electron chi connectivity index (χ2n) is 8.35. The third-order valence-electron chi connectivity index (χ3n) is 6.14. The molecule has 1 atom stereocenters. The number of hydrogen-bond donors (Lipinski definition) is 1. The van der Waals surface area contributed by atoms with E-state index < -0.39 is 17.7 Å². The van der Waals surface area contributed by atoms with Crippen LogP contribution in [0.25, 0.3) is 5.76 Å². The SMILES string of the molecule is COc1ccc(CCN2C(=O)C(=O)C(=C(O)c3ccc(Br)cc3)C2c2ccc(C)cc2)cc1OC. The molecule has 0 spiro atoms. The van der Waals surface area contributed by atoms with Gasteiger partial charge in [0.2, 0.25) is 0 Å². The Morgan fingerprint density at radius 2 is 1.60 bits per heavy atom. The summed E-state index contributed by atoms with van der Waals surface area (Å²) in [4.78, 5) is 27.9. The second kappa shape index (κ2) is 10.4. The van der Waals surface area contributed by atoms with Crippen LogP contribution in [0.3, 0.4) is 0 Å². The molecule has 1 heterocycles. The molecular formula is C28H26BrNO5. The van der Waals surface area contributed by atoms with E-state index in [9.17, 15) is 14.7 Å². The lowest BCUT2D eigenvalue weighted by Gasteiger charge is -2.25. The number of halogens is 1. The van der Waals surface area contributed by atoms with Gasteiger partial charge in [-0.2, -0.15) is 0 Å². The summed E-state index contributed by atoms with van der Waals surface area (Å²) in [5, 5.41) is 11.1. The minimum Gasteiger partial charge on any atom is -0.507 e. The molecule has 1 fully saturated rings. The molecule has 1 amide bonds. The Balaban J connectivity index is 1.73. The Kier molecular flexibility index (Phi) is 7.26. The highest BCUT2D eigenvalue weighted by atomic mass is 79.9. The largest absolute Gasteiger partial charge is 0.507 e. The maximum absolute atomic E-state index is 13.2. The fourth-order valence-corrected chi connectivity index (χ4v) is 4.52. The van der Waals surface area contributed by atoms with Crippen LogP contribution in [0.15, 0.2) is 76.8 Å². The summed E-state index contributed by atoms with van der Waals surface area (Å²) in [6, 6.07) is 19.5. The van der Waals surface area contributed by atoms with E-state index in [2.05, 4.69) is 15.9 Å². The van der Waals surface area contributed by atoms with E-state index in [1.807, 2.05) is 49.4 Å². The van der Waals surface area contributed by atoms with Crippen molar-refractivity contribution in [1.29, 1.82) is 0 Å². The Morgan fingerprint density at radius 3 is 2.23 bits per heavy atom. The maximum Gasteiger partial charge on any atom is 0.295 e.